The Hall–Kier alpha value is -1.75. The molecule has 4 rings (SSSR count). The highest BCUT2D eigenvalue weighted by Gasteiger charge is 2.34. The molecule has 0 saturated heterocycles. The Balaban J connectivity index is 1.61. The van der Waals surface area contributed by atoms with Gasteiger partial charge in [0.05, 0.1) is 16.8 Å². The number of carbonyl (C=O) groups excluding carboxylic acids is 1. The molecule has 1 N–H and O–H groups in total. The summed E-state index contributed by atoms with van der Waals surface area (Å²) in [7, 11) is 0. The molecule has 30 heavy (non-hydrogen) atoms. The van der Waals surface area contributed by atoms with E-state index in [9.17, 15) is 4.79 Å². The summed E-state index contributed by atoms with van der Waals surface area (Å²) in [6.45, 7) is 0. The van der Waals surface area contributed by atoms with Gasteiger partial charge in [-0.3, -0.25) is 9.80 Å². The first kappa shape index (κ1) is 21.5. The highest BCUT2D eigenvalue weighted by Crippen LogP contribution is 2.40. The topological polar surface area (TPSA) is 44.7 Å². The van der Waals surface area contributed by atoms with Crippen molar-refractivity contribution in [3.8, 4) is 0 Å². The average molecular weight is 465 g/mol. The molecule has 1 saturated carbocycles. The van der Waals surface area contributed by atoms with E-state index in [0.717, 1.165) is 36.9 Å². The van der Waals surface area contributed by atoms with Gasteiger partial charge < -0.3 is 5.32 Å². The van der Waals surface area contributed by atoms with Crippen molar-refractivity contribution in [2.45, 2.75) is 57.0 Å². The van der Waals surface area contributed by atoms with Crippen LogP contribution in [-0.4, -0.2) is 17.7 Å². The lowest BCUT2D eigenvalue weighted by Crippen LogP contribution is -2.38. The number of benzene rings is 2. The van der Waals surface area contributed by atoms with E-state index in [1.807, 2.05) is 35.3 Å². The lowest BCUT2D eigenvalue weighted by molar-refractivity contribution is -0.115. The van der Waals surface area contributed by atoms with Gasteiger partial charge in [-0.1, -0.05) is 72.6 Å². The fraction of sp³-hybridized carbons (Fsp3) is 0.391. The van der Waals surface area contributed by atoms with Gasteiger partial charge >= 0.3 is 0 Å². The highest BCUT2D eigenvalue weighted by atomic mass is 35.5. The Kier molecular flexibility index (Phi) is 6.87. The summed E-state index contributed by atoms with van der Waals surface area (Å²) >= 11 is 18.6. The Bertz CT molecular complexity index is 937. The molecule has 1 heterocycles. The minimum atomic E-state index is -0.143. The van der Waals surface area contributed by atoms with Crippen molar-refractivity contribution >= 4 is 52.1 Å². The predicted molar refractivity (Wildman–Crippen MR) is 125 cm³/mol. The Morgan fingerprint density at radius 3 is 2.27 bits per heavy atom. The fourth-order valence-electron chi connectivity index (χ4n) is 4.17. The van der Waals surface area contributed by atoms with Gasteiger partial charge in [0.1, 0.15) is 5.71 Å². The lowest BCUT2D eigenvalue weighted by Gasteiger charge is -2.25. The SMILES string of the molecule is O=C(NC1CCCCCC1)C1=NN(c2ccc(Cl)cc2Cl)[C@@H](c2ccc(Cl)cc2)C1. The molecule has 1 aliphatic carbocycles. The van der Waals surface area contributed by atoms with Gasteiger partial charge in [0.2, 0.25) is 0 Å². The molecule has 1 aliphatic heterocycles. The molecule has 4 nitrogen and oxygen atoms in total. The van der Waals surface area contributed by atoms with Crippen LogP contribution in [0.15, 0.2) is 47.6 Å². The number of amides is 1. The summed E-state index contributed by atoms with van der Waals surface area (Å²) in [4.78, 5) is 13.0. The third-order valence-electron chi connectivity index (χ3n) is 5.77. The monoisotopic (exact) mass is 463 g/mol. The van der Waals surface area contributed by atoms with Crippen molar-refractivity contribution in [1.29, 1.82) is 0 Å². The molecule has 2 aromatic rings. The van der Waals surface area contributed by atoms with Crippen molar-refractivity contribution in [3.05, 3.63) is 63.1 Å². The van der Waals surface area contributed by atoms with Crippen LogP contribution in [0.25, 0.3) is 0 Å². The summed E-state index contributed by atoms with van der Waals surface area (Å²) in [5.74, 6) is -0.0894. The van der Waals surface area contributed by atoms with Crippen LogP contribution in [0.1, 0.15) is 56.6 Å². The third-order valence-corrected chi connectivity index (χ3v) is 6.56. The van der Waals surface area contributed by atoms with E-state index >= 15 is 0 Å². The van der Waals surface area contributed by atoms with Gasteiger partial charge in [-0.15, -0.1) is 0 Å². The molecule has 1 atom stereocenters. The molecule has 0 radical (unpaired) electrons. The molecule has 0 aromatic heterocycles. The summed E-state index contributed by atoms with van der Waals surface area (Å²) in [5, 5.41) is 11.4. The van der Waals surface area contributed by atoms with E-state index in [4.69, 9.17) is 39.9 Å². The van der Waals surface area contributed by atoms with E-state index in [-0.39, 0.29) is 18.0 Å². The normalized spacial score (nSPS) is 20.0. The number of halogens is 3. The van der Waals surface area contributed by atoms with Crippen LogP contribution in [0, 0.1) is 0 Å². The van der Waals surface area contributed by atoms with Crippen molar-refractivity contribution in [1.82, 2.24) is 5.32 Å². The zero-order chi connectivity index (χ0) is 21.1. The number of hydrazone groups is 1. The Morgan fingerprint density at radius 2 is 1.60 bits per heavy atom. The van der Waals surface area contributed by atoms with E-state index in [2.05, 4.69) is 5.32 Å². The average Bonchev–Trinajstić information content (AvgIpc) is 3.00. The summed E-state index contributed by atoms with van der Waals surface area (Å²) < 4.78 is 0. The van der Waals surface area contributed by atoms with Gasteiger partial charge in [-0.25, -0.2) is 0 Å². The molecular weight excluding hydrogens is 441 g/mol. The van der Waals surface area contributed by atoms with Gasteiger partial charge in [0, 0.05) is 22.5 Å². The summed E-state index contributed by atoms with van der Waals surface area (Å²) in [5.41, 5.74) is 2.26. The van der Waals surface area contributed by atoms with Gasteiger partial charge in [-0.05, 0) is 48.7 Å². The lowest BCUT2D eigenvalue weighted by atomic mass is 10.0. The molecule has 1 fully saturated rings. The highest BCUT2D eigenvalue weighted by molar-refractivity contribution is 6.40. The first-order valence-electron chi connectivity index (χ1n) is 10.4. The number of carbonyl (C=O) groups is 1. The van der Waals surface area contributed by atoms with Gasteiger partial charge in [-0.2, -0.15) is 5.10 Å². The predicted octanol–water partition coefficient (Wildman–Crippen LogP) is 6.79. The number of nitrogens with one attached hydrogen (secondary N) is 1. The van der Waals surface area contributed by atoms with Crippen molar-refractivity contribution in [2.75, 3.05) is 5.01 Å². The number of rotatable bonds is 4. The van der Waals surface area contributed by atoms with Crippen LogP contribution >= 0.6 is 34.8 Å². The van der Waals surface area contributed by atoms with Crippen LogP contribution in [0.2, 0.25) is 15.1 Å². The first-order valence-corrected chi connectivity index (χ1v) is 11.5. The molecule has 1 amide bonds. The minimum absolute atomic E-state index is 0.0894. The summed E-state index contributed by atoms with van der Waals surface area (Å²) in [6.07, 6.45) is 7.39. The third kappa shape index (κ3) is 4.93. The van der Waals surface area contributed by atoms with Crippen molar-refractivity contribution < 1.29 is 4.79 Å². The molecule has 2 aliphatic rings. The molecule has 2 aromatic carbocycles. The molecule has 7 heteroatoms. The minimum Gasteiger partial charge on any atom is -0.348 e. The van der Waals surface area contributed by atoms with E-state index < -0.39 is 0 Å². The maximum Gasteiger partial charge on any atom is 0.267 e. The number of hydrogen-bond donors (Lipinski definition) is 1. The van der Waals surface area contributed by atoms with Crippen LogP contribution in [0.4, 0.5) is 5.69 Å². The summed E-state index contributed by atoms with van der Waals surface area (Å²) in [6, 6.07) is 13.0. The van der Waals surface area contributed by atoms with E-state index in [1.54, 1.807) is 12.1 Å². The largest absolute Gasteiger partial charge is 0.348 e. The molecule has 158 valence electrons. The number of nitrogens with zero attached hydrogens (tertiary/aromatic N) is 2. The van der Waals surface area contributed by atoms with Gasteiger partial charge in [0.25, 0.3) is 5.91 Å². The van der Waals surface area contributed by atoms with Crippen molar-refractivity contribution in [3.63, 3.8) is 0 Å². The van der Waals surface area contributed by atoms with Crippen LogP contribution in [-0.2, 0) is 4.79 Å². The smallest absolute Gasteiger partial charge is 0.267 e. The fourth-order valence-corrected chi connectivity index (χ4v) is 4.79. The zero-order valence-corrected chi connectivity index (χ0v) is 18.9. The first-order chi connectivity index (χ1) is 14.5. The van der Waals surface area contributed by atoms with Crippen LogP contribution in [0.5, 0.6) is 0 Å². The molecule has 0 spiro atoms. The quantitative estimate of drug-likeness (QED) is 0.506. The maximum absolute atomic E-state index is 13.0. The second kappa shape index (κ2) is 9.59. The Labute approximate surface area is 192 Å². The second-order valence-electron chi connectivity index (χ2n) is 7.92. The van der Waals surface area contributed by atoms with Crippen LogP contribution in [0.3, 0.4) is 0 Å². The second-order valence-corrected chi connectivity index (χ2v) is 9.20. The van der Waals surface area contributed by atoms with E-state index in [0.29, 0.717) is 27.2 Å². The van der Waals surface area contributed by atoms with Gasteiger partial charge in [0.15, 0.2) is 0 Å². The van der Waals surface area contributed by atoms with E-state index in [1.165, 1.54) is 12.8 Å². The van der Waals surface area contributed by atoms with Crippen molar-refractivity contribution in [2.24, 2.45) is 5.10 Å². The molecule has 0 unspecified atom stereocenters. The zero-order valence-electron chi connectivity index (χ0n) is 16.6. The molecular formula is C23H24Cl3N3O. The standard InChI is InChI=1S/C23H24Cl3N3O/c24-16-9-7-15(8-10-16)22-14-20(23(30)27-18-5-3-1-2-4-6-18)28-29(22)21-12-11-17(25)13-19(21)26/h7-13,18,22H,1-6,14H2,(H,27,30)/t22-/m1/s1. The number of anilines is 1. The maximum atomic E-state index is 13.0. The number of hydrogen-bond acceptors (Lipinski definition) is 3. The molecule has 0 bridgehead atoms. The van der Waals surface area contributed by atoms with Crippen LogP contribution < -0.4 is 10.3 Å². The Morgan fingerprint density at radius 1 is 0.933 bits per heavy atom.